The van der Waals surface area contributed by atoms with E-state index in [1.165, 1.54) is 5.56 Å². The van der Waals surface area contributed by atoms with Gasteiger partial charge in [0.05, 0.1) is 13.2 Å². The topological polar surface area (TPSA) is 18.5 Å². The van der Waals surface area contributed by atoms with E-state index in [0.717, 1.165) is 17.9 Å². The Morgan fingerprint density at radius 3 is 1.71 bits per heavy atom. The molecule has 0 aromatic heterocycles. The molecule has 0 radical (unpaired) electrons. The van der Waals surface area contributed by atoms with E-state index < -0.39 is 0 Å². The van der Waals surface area contributed by atoms with Crippen LogP contribution in [0.5, 0.6) is 11.5 Å². The largest absolute Gasteiger partial charge is 0.494 e. The van der Waals surface area contributed by atoms with Crippen LogP contribution >= 0.6 is 0 Å². The summed E-state index contributed by atoms with van der Waals surface area (Å²) >= 11 is 0. The third kappa shape index (κ3) is 2.95. The average Bonchev–Trinajstić information content (AvgIpc) is 2.18. The summed E-state index contributed by atoms with van der Waals surface area (Å²) in [5, 5.41) is 0. The van der Waals surface area contributed by atoms with E-state index in [1.54, 1.807) is 0 Å². The molecule has 78 valence electrons. The zero-order valence-corrected chi connectivity index (χ0v) is 9.17. The Bertz CT molecular complexity index is 257. The van der Waals surface area contributed by atoms with Crippen molar-refractivity contribution in [2.45, 2.75) is 27.2 Å². The molecule has 2 heteroatoms. The van der Waals surface area contributed by atoms with E-state index in [4.69, 9.17) is 9.47 Å². The first-order chi connectivity index (χ1) is 6.80. The molecule has 0 N–H and O–H groups in total. The van der Waals surface area contributed by atoms with Gasteiger partial charge in [-0.15, -0.1) is 0 Å². The lowest BCUT2D eigenvalue weighted by molar-refractivity contribution is 0.322. The molecule has 1 aromatic carbocycles. The first-order valence-electron chi connectivity index (χ1n) is 5.19. The van der Waals surface area contributed by atoms with Crippen LogP contribution in [-0.2, 0) is 6.42 Å². The maximum absolute atomic E-state index is 5.46. The van der Waals surface area contributed by atoms with Crippen molar-refractivity contribution in [2.24, 2.45) is 0 Å². The van der Waals surface area contributed by atoms with Crippen molar-refractivity contribution in [3.8, 4) is 11.5 Å². The minimum atomic E-state index is 0.693. The van der Waals surface area contributed by atoms with Gasteiger partial charge in [-0.3, -0.25) is 0 Å². The molecule has 1 rings (SSSR count). The van der Waals surface area contributed by atoms with E-state index >= 15 is 0 Å². The lowest BCUT2D eigenvalue weighted by atomic mass is 10.1. The normalized spacial score (nSPS) is 9.93. The smallest absolute Gasteiger partial charge is 0.123 e. The van der Waals surface area contributed by atoms with Crippen LogP contribution in [-0.4, -0.2) is 13.2 Å². The highest BCUT2D eigenvalue weighted by Gasteiger charge is 2.00. The van der Waals surface area contributed by atoms with Crippen LogP contribution in [0.3, 0.4) is 0 Å². The lowest BCUT2D eigenvalue weighted by Crippen LogP contribution is -1.96. The van der Waals surface area contributed by atoms with Crippen LogP contribution < -0.4 is 9.47 Å². The first kappa shape index (κ1) is 10.9. The van der Waals surface area contributed by atoms with E-state index in [1.807, 2.05) is 19.9 Å². The van der Waals surface area contributed by atoms with Gasteiger partial charge in [0, 0.05) is 6.07 Å². The summed E-state index contributed by atoms with van der Waals surface area (Å²) in [5.41, 5.74) is 1.25. The van der Waals surface area contributed by atoms with Crippen molar-refractivity contribution in [1.29, 1.82) is 0 Å². The number of ether oxygens (including phenoxy) is 2. The molecule has 0 bridgehead atoms. The average molecular weight is 194 g/mol. The van der Waals surface area contributed by atoms with E-state index in [2.05, 4.69) is 19.1 Å². The SMILES string of the molecule is CCOc1cc(CC)cc(OCC)c1. The molecule has 0 unspecified atom stereocenters. The molecule has 0 atom stereocenters. The van der Waals surface area contributed by atoms with Gasteiger partial charge in [-0.1, -0.05) is 6.92 Å². The minimum absolute atomic E-state index is 0.693. The standard InChI is InChI=1S/C12H18O2/c1-4-10-7-11(13-5-2)9-12(8-10)14-6-3/h7-9H,4-6H2,1-3H3. The highest BCUT2D eigenvalue weighted by atomic mass is 16.5. The van der Waals surface area contributed by atoms with Crippen molar-refractivity contribution in [1.82, 2.24) is 0 Å². The molecule has 0 aliphatic heterocycles. The van der Waals surface area contributed by atoms with Crippen LogP contribution in [0.4, 0.5) is 0 Å². The quantitative estimate of drug-likeness (QED) is 0.717. The summed E-state index contributed by atoms with van der Waals surface area (Å²) in [6.45, 7) is 7.48. The molecular weight excluding hydrogens is 176 g/mol. The molecule has 0 aliphatic carbocycles. The van der Waals surface area contributed by atoms with Crippen molar-refractivity contribution in [3.63, 3.8) is 0 Å². The molecule has 1 aromatic rings. The molecule has 0 fully saturated rings. The summed E-state index contributed by atoms with van der Waals surface area (Å²) in [6.07, 6.45) is 1.00. The van der Waals surface area contributed by atoms with Gasteiger partial charge in [0.1, 0.15) is 11.5 Å². The third-order valence-corrected chi connectivity index (χ3v) is 1.97. The van der Waals surface area contributed by atoms with Gasteiger partial charge in [-0.05, 0) is 38.0 Å². The zero-order chi connectivity index (χ0) is 10.4. The van der Waals surface area contributed by atoms with Crippen molar-refractivity contribution in [2.75, 3.05) is 13.2 Å². The lowest BCUT2D eigenvalue weighted by Gasteiger charge is -2.09. The Morgan fingerprint density at radius 2 is 1.36 bits per heavy atom. The number of benzene rings is 1. The molecule has 0 aliphatic rings. The molecule has 0 saturated heterocycles. The van der Waals surface area contributed by atoms with Gasteiger partial charge in [0.25, 0.3) is 0 Å². The molecule has 2 nitrogen and oxygen atoms in total. The van der Waals surface area contributed by atoms with Crippen LogP contribution in [0.25, 0.3) is 0 Å². The predicted octanol–water partition coefficient (Wildman–Crippen LogP) is 3.05. The van der Waals surface area contributed by atoms with Gasteiger partial charge in [0.15, 0.2) is 0 Å². The van der Waals surface area contributed by atoms with Gasteiger partial charge in [0.2, 0.25) is 0 Å². The zero-order valence-electron chi connectivity index (χ0n) is 9.17. The number of hydrogen-bond acceptors (Lipinski definition) is 2. The van der Waals surface area contributed by atoms with E-state index in [9.17, 15) is 0 Å². The Labute approximate surface area is 85.8 Å². The minimum Gasteiger partial charge on any atom is -0.494 e. The fraction of sp³-hybridized carbons (Fsp3) is 0.500. The second kappa shape index (κ2) is 5.53. The van der Waals surface area contributed by atoms with Gasteiger partial charge in [-0.25, -0.2) is 0 Å². The summed E-state index contributed by atoms with van der Waals surface area (Å²) in [7, 11) is 0. The molecule has 0 spiro atoms. The van der Waals surface area contributed by atoms with Gasteiger partial charge in [-0.2, -0.15) is 0 Å². The van der Waals surface area contributed by atoms with Crippen molar-refractivity contribution in [3.05, 3.63) is 23.8 Å². The highest BCUT2D eigenvalue weighted by molar-refractivity contribution is 5.38. The monoisotopic (exact) mass is 194 g/mol. The van der Waals surface area contributed by atoms with Crippen molar-refractivity contribution < 1.29 is 9.47 Å². The van der Waals surface area contributed by atoms with E-state index in [0.29, 0.717) is 13.2 Å². The Balaban J connectivity index is 2.88. The number of rotatable bonds is 5. The van der Waals surface area contributed by atoms with Crippen LogP contribution in [0.2, 0.25) is 0 Å². The number of hydrogen-bond donors (Lipinski definition) is 0. The molecular formula is C12H18O2. The Kier molecular flexibility index (Phi) is 4.30. The maximum atomic E-state index is 5.46. The third-order valence-electron chi connectivity index (χ3n) is 1.97. The van der Waals surface area contributed by atoms with Crippen LogP contribution in [0, 0.1) is 0 Å². The Hall–Kier alpha value is -1.18. The summed E-state index contributed by atoms with van der Waals surface area (Å²) in [4.78, 5) is 0. The second-order valence-corrected chi connectivity index (χ2v) is 3.03. The fourth-order valence-corrected chi connectivity index (χ4v) is 1.33. The van der Waals surface area contributed by atoms with Gasteiger partial charge < -0.3 is 9.47 Å². The second-order valence-electron chi connectivity index (χ2n) is 3.03. The first-order valence-corrected chi connectivity index (χ1v) is 5.19. The molecule has 14 heavy (non-hydrogen) atoms. The molecule has 0 saturated carbocycles. The summed E-state index contributed by atoms with van der Waals surface area (Å²) in [6, 6.07) is 6.06. The maximum Gasteiger partial charge on any atom is 0.123 e. The molecule has 0 amide bonds. The predicted molar refractivity (Wildman–Crippen MR) is 58.2 cm³/mol. The Morgan fingerprint density at radius 1 is 0.857 bits per heavy atom. The highest BCUT2D eigenvalue weighted by Crippen LogP contribution is 2.23. The van der Waals surface area contributed by atoms with Crippen LogP contribution in [0.15, 0.2) is 18.2 Å². The summed E-state index contributed by atoms with van der Waals surface area (Å²) in [5.74, 6) is 1.80. The number of aryl methyl sites for hydroxylation is 1. The van der Waals surface area contributed by atoms with Crippen LogP contribution in [0.1, 0.15) is 26.3 Å². The van der Waals surface area contributed by atoms with E-state index in [-0.39, 0.29) is 0 Å². The molecule has 0 heterocycles. The fourth-order valence-electron chi connectivity index (χ4n) is 1.33. The van der Waals surface area contributed by atoms with Gasteiger partial charge >= 0.3 is 0 Å². The van der Waals surface area contributed by atoms with Crippen molar-refractivity contribution >= 4 is 0 Å². The summed E-state index contributed by atoms with van der Waals surface area (Å²) < 4.78 is 10.9.